The molecular formula is C19H25N3O6S2. The van der Waals surface area contributed by atoms with Gasteiger partial charge in [0.25, 0.3) is 5.91 Å². The van der Waals surface area contributed by atoms with Gasteiger partial charge in [-0.05, 0) is 38.1 Å². The lowest BCUT2D eigenvalue weighted by molar-refractivity contribution is -0.143. The van der Waals surface area contributed by atoms with Gasteiger partial charge in [-0.1, -0.05) is 11.8 Å². The zero-order valence-electron chi connectivity index (χ0n) is 16.9. The van der Waals surface area contributed by atoms with Crippen LogP contribution < -0.4 is 9.80 Å². The van der Waals surface area contributed by atoms with Crippen molar-refractivity contribution in [3.8, 4) is 0 Å². The van der Waals surface area contributed by atoms with Gasteiger partial charge < -0.3 is 19.6 Å². The topological polar surface area (TPSA) is 117 Å². The van der Waals surface area contributed by atoms with Crippen LogP contribution in [-0.2, 0) is 24.2 Å². The van der Waals surface area contributed by atoms with E-state index in [2.05, 4.69) is 23.7 Å². The summed E-state index contributed by atoms with van der Waals surface area (Å²) in [7, 11) is -3.15. The molecule has 0 aliphatic carbocycles. The Morgan fingerprint density at radius 1 is 1.20 bits per heavy atom. The Labute approximate surface area is 180 Å². The van der Waals surface area contributed by atoms with Crippen molar-refractivity contribution in [2.45, 2.75) is 25.1 Å². The number of hydrogen-bond acceptors (Lipinski definition) is 7. The minimum Gasteiger partial charge on any atom is -0.480 e. The fourth-order valence-electron chi connectivity index (χ4n) is 3.64. The first-order chi connectivity index (χ1) is 14.2. The predicted molar refractivity (Wildman–Crippen MR) is 117 cm³/mol. The molecule has 2 fully saturated rings. The van der Waals surface area contributed by atoms with E-state index in [9.17, 15) is 18.0 Å². The normalized spacial score (nSPS) is 23.5. The Hall–Kier alpha value is -2.11. The van der Waals surface area contributed by atoms with E-state index in [1.165, 1.54) is 11.8 Å². The van der Waals surface area contributed by atoms with E-state index in [-0.39, 0.29) is 22.8 Å². The number of carboxylic acid groups (broad SMARTS) is 1. The number of ether oxygens (including phenoxy) is 1. The number of benzene rings is 1. The second-order valence-electron chi connectivity index (χ2n) is 7.03. The molecule has 2 saturated heterocycles. The third-order valence-electron chi connectivity index (χ3n) is 4.99. The van der Waals surface area contributed by atoms with Crippen LogP contribution in [-0.4, -0.2) is 79.7 Å². The van der Waals surface area contributed by atoms with Crippen LogP contribution in [0.15, 0.2) is 29.3 Å². The molecular weight excluding hydrogens is 430 g/mol. The van der Waals surface area contributed by atoms with E-state index in [1.54, 1.807) is 4.90 Å². The number of carbonyl (C=O) groups excluding carboxylic acids is 1. The molecule has 1 aromatic rings. The second kappa shape index (κ2) is 9.36. The first-order valence-electron chi connectivity index (χ1n) is 9.66. The molecule has 0 aromatic heterocycles. The molecule has 2 aliphatic rings. The molecule has 1 aromatic carbocycles. The molecule has 0 spiro atoms. The molecule has 164 valence electrons. The number of fused-ring (bicyclic) bond motifs is 1. The highest BCUT2D eigenvalue weighted by molar-refractivity contribution is 8.16. The summed E-state index contributed by atoms with van der Waals surface area (Å²) in [6, 6.07) is 7.45. The minimum absolute atomic E-state index is 0.00515. The third-order valence-corrected chi connectivity index (χ3v) is 8.20. The molecule has 0 saturated carbocycles. The third kappa shape index (κ3) is 5.13. The number of amides is 1. The number of rotatable bonds is 8. The summed E-state index contributed by atoms with van der Waals surface area (Å²) in [6.45, 7) is 4.87. The molecule has 2 aliphatic heterocycles. The first-order valence-corrected chi connectivity index (χ1v) is 12.4. The molecule has 11 heteroatoms. The fourth-order valence-corrected chi connectivity index (χ4v) is 7.58. The monoisotopic (exact) mass is 455 g/mol. The smallest absolute Gasteiger partial charge is 0.329 e. The number of carboxylic acids is 1. The van der Waals surface area contributed by atoms with Crippen LogP contribution >= 0.6 is 11.8 Å². The number of sulfone groups is 1. The van der Waals surface area contributed by atoms with Gasteiger partial charge in [-0.3, -0.25) is 4.79 Å². The Balaban J connectivity index is 1.85. The van der Waals surface area contributed by atoms with E-state index in [0.717, 1.165) is 24.5 Å². The van der Waals surface area contributed by atoms with E-state index in [0.29, 0.717) is 5.17 Å². The summed E-state index contributed by atoms with van der Waals surface area (Å²) in [5.41, 5.74) is 1.82. The van der Waals surface area contributed by atoms with E-state index >= 15 is 0 Å². The maximum absolute atomic E-state index is 12.2. The van der Waals surface area contributed by atoms with Gasteiger partial charge in [0.2, 0.25) is 0 Å². The van der Waals surface area contributed by atoms with Gasteiger partial charge in [0.15, 0.2) is 15.0 Å². The van der Waals surface area contributed by atoms with Crippen molar-refractivity contribution in [3.63, 3.8) is 0 Å². The van der Waals surface area contributed by atoms with Gasteiger partial charge in [-0.2, -0.15) is 4.99 Å². The standard InChI is InChI=1S/C19H25N3O6S2/c1-3-21(4-2)13-5-7-14(8-6-13)22-15-11-30(26,27)12-16(15)29-19(22)20-17(23)9-28-10-18(24)25/h5-8,15-16H,3-4,9-12H2,1-2H3,(H,24,25). The van der Waals surface area contributed by atoms with Gasteiger partial charge in [-0.25, -0.2) is 13.2 Å². The zero-order valence-corrected chi connectivity index (χ0v) is 18.5. The Kier molecular flexibility index (Phi) is 7.04. The van der Waals surface area contributed by atoms with Crippen LogP contribution in [0.1, 0.15) is 13.8 Å². The van der Waals surface area contributed by atoms with Crippen molar-refractivity contribution >= 4 is 50.0 Å². The summed E-state index contributed by atoms with van der Waals surface area (Å²) < 4.78 is 29.1. The van der Waals surface area contributed by atoms with Gasteiger partial charge in [-0.15, -0.1) is 0 Å². The quantitative estimate of drug-likeness (QED) is 0.618. The zero-order chi connectivity index (χ0) is 21.9. The van der Waals surface area contributed by atoms with E-state index < -0.39 is 34.9 Å². The number of carbonyl (C=O) groups is 2. The SMILES string of the molecule is CCN(CC)c1ccc(N2C(=NC(=O)COCC(=O)O)SC3CS(=O)(=O)CC32)cc1. The summed E-state index contributed by atoms with van der Waals surface area (Å²) in [5.74, 6) is -1.73. The molecule has 1 amide bonds. The molecule has 2 atom stereocenters. The largest absolute Gasteiger partial charge is 0.480 e. The van der Waals surface area contributed by atoms with Gasteiger partial charge in [0.05, 0.1) is 17.5 Å². The van der Waals surface area contributed by atoms with Crippen molar-refractivity contribution in [1.82, 2.24) is 0 Å². The maximum atomic E-state index is 12.2. The number of anilines is 2. The molecule has 30 heavy (non-hydrogen) atoms. The molecule has 9 nitrogen and oxygen atoms in total. The van der Waals surface area contributed by atoms with Gasteiger partial charge in [0, 0.05) is 29.7 Å². The maximum Gasteiger partial charge on any atom is 0.329 e. The van der Waals surface area contributed by atoms with Crippen LogP contribution in [0.4, 0.5) is 11.4 Å². The van der Waals surface area contributed by atoms with Crippen molar-refractivity contribution in [1.29, 1.82) is 0 Å². The molecule has 2 unspecified atom stereocenters. The summed E-state index contributed by atoms with van der Waals surface area (Å²) in [4.78, 5) is 30.8. The van der Waals surface area contributed by atoms with Crippen LogP contribution in [0.3, 0.4) is 0 Å². The number of aliphatic carboxylic acids is 1. The lowest BCUT2D eigenvalue weighted by Crippen LogP contribution is -2.37. The molecule has 2 heterocycles. The van der Waals surface area contributed by atoms with E-state index in [1.807, 2.05) is 24.3 Å². The van der Waals surface area contributed by atoms with Gasteiger partial charge >= 0.3 is 5.97 Å². The van der Waals surface area contributed by atoms with Crippen molar-refractivity contribution < 1.29 is 27.9 Å². The Bertz CT molecular complexity index is 928. The first kappa shape index (κ1) is 22.6. The van der Waals surface area contributed by atoms with Crippen molar-refractivity contribution in [2.24, 2.45) is 4.99 Å². The number of nitrogens with zero attached hydrogens (tertiary/aromatic N) is 3. The average Bonchev–Trinajstić information content (AvgIpc) is 3.13. The molecule has 3 rings (SSSR count). The lowest BCUT2D eigenvalue weighted by atomic mass is 10.2. The van der Waals surface area contributed by atoms with Crippen molar-refractivity contribution in [3.05, 3.63) is 24.3 Å². The molecule has 1 N–H and O–H groups in total. The summed E-state index contributed by atoms with van der Waals surface area (Å²) in [5, 5.41) is 8.82. The predicted octanol–water partition coefficient (Wildman–Crippen LogP) is 1.24. The summed E-state index contributed by atoms with van der Waals surface area (Å²) in [6.07, 6.45) is 0. The lowest BCUT2D eigenvalue weighted by Gasteiger charge is -2.26. The number of amidine groups is 1. The van der Waals surface area contributed by atoms with E-state index in [4.69, 9.17) is 9.84 Å². The second-order valence-corrected chi connectivity index (χ2v) is 10.4. The Morgan fingerprint density at radius 2 is 1.87 bits per heavy atom. The minimum atomic E-state index is -3.15. The highest BCUT2D eigenvalue weighted by Crippen LogP contribution is 2.41. The molecule has 0 radical (unpaired) electrons. The van der Waals surface area contributed by atoms with Crippen molar-refractivity contribution in [2.75, 3.05) is 47.6 Å². The molecule has 0 bridgehead atoms. The van der Waals surface area contributed by atoms with Crippen LogP contribution in [0.25, 0.3) is 0 Å². The number of hydrogen-bond donors (Lipinski definition) is 1. The van der Waals surface area contributed by atoms with Crippen LogP contribution in [0.2, 0.25) is 0 Å². The fraction of sp³-hybridized carbons (Fsp3) is 0.526. The number of aliphatic imine (C=N–C) groups is 1. The van der Waals surface area contributed by atoms with Crippen LogP contribution in [0.5, 0.6) is 0 Å². The Morgan fingerprint density at radius 3 is 2.47 bits per heavy atom. The summed E-state index contributed by atoms with van der Waals surface area (Å²) >= 11 is 1.27. The van der Waals surface area contributed by atoms with Gasteiger partial charge in [0.1, 0.15) is 13.2 Å². The highest BCUT2D eigenvalue weighted by atomic mass is 32.2. The average molecular weight is 456 g/mol. The van der Waals surface area contributed by atoms with Crippen LogP contribution in [0, 0.1) is 0 Å². The highest BCUT2D eigenvalue weighted by Gasteiger charge is 2.49. The number of thioether (sulfide) groups is 1.